The van der Waals surface area contributed by atoms with E-state index in [-0.39, 0.29) is 25.7 Å². The number of aliphatic hydroxyl groups is 1. The number of unbranched alkanes of at least 4 members (excludes halogenated alkanes) is 44. The second kappa shape index (κ2) is 65.4. The lowest BCUT2D eigenvalue weighted by atomic mass is 10.0. The standard InChI is InChI=1S/C72H140O17P2/c1-6-9-12-15-18-20-22-24-26-27-28-29-30-32-34-36-38-41-47-52-57-71(76)88-67(62-83-70(75)56-51-46-40-37-35-33-31-25-23-21-19-16-13-10-7-2)63-86-90(78,79)84-59-66(73)60-85-91(80,81)87-64-68(61-82-69(74)55-50-45-39-17-14-11-8-3)89-72(77)58-53-48-43-42-44-49-54-65(4)5/h65-68,73H,6-64H2,1-5H3,(H,78,79)(H,80,81)/t66-,67-,68-/m1/s1. The number of phosphoric ester groups is 2. The van der Waals surface area contributed by atoms with Crippen LogP contribution in [0.5, 0.6) is 0 Å². The zero-order valence-corrected chi connectivity index (χ0v) is 60.8. The van der Waals surface area contributed by atoms with Gasteiger partial charge in [0.05, 0.1) is 26.4 Å². The largest absolute Gasteiger partial charge is 0.472 e. The van der Waals surface area contributed by atoms with Gasteiger partial charge in [0, 0.05) is 25.7 Å². The summed E-state index contributed by atoms with van der Waals surface area (Å²) in [5, 5.41) is 10.6. The highest BCUT2D eigenvalue weighted by molar-refractivity contribution is 7.47. The number of esters is 4. The van der Waals surface area contributed by atoms with Gasteiger partial charge in [-0.05, 0) is 31.6 Å². The summed E-state index contributed by atoms with van der Waals surface area (Å²) in [4.78, 5) is 72.4. The Labute approximate surface area is 556 Å². The van der Waals surface area contributed by atoms with Crippen molar-refractivity contribution in [2.24, 2.45) is 5.92 Å². The molecule has 17 nitrogen and oxygen atoms in total. The quantitative estimate of drug-likeness (QED) is 0.0222. The summed E-state index contributed by atoms with van der Waals surface area (Å²) in [5.41, 5.74) is 0. The zero-order chi connectivity index (χ0) is 67.0. The van der Waals surface area contributed by atoms with Crippen LogP contribution in [-0.4, -0.2) is 96.7 Å². The van der Waals surface area contributed by atoms with Crippen LogP contribution in [0.1, 0.15) is 375 Å². The van der Waals surface area contributed by atoms with Crippen molar-refractivity contribution in [2.45, 2.75) is 393 Å². The van der Waals surface area contributed by atoms with Crippen LogP contribution in [0.3, 0.4) is 0 Å². The van der Waals surface area contributed by atoms with E-state index >= 15 is 0 Å². The highest BCUT2D eigenvalue weighted by Crippen LogP contribution is 2.45. The number of aliphatic hydroxyl groups excluding tert-OH is 1. The zero-order valence-electron chi connectivity index (χ0n) is 59.0. The van der Waals surface area contributed by atoms with Crippen molar-refractivity contribution >= 4 is 39.5 Å². The van der Waals surface area contributed by atoms with Gasteiger partial charge in [-0.3, -0.25) is 37.3 Å². The number of hydrogen-bond acceptors (Lipinski definition) is 15. The van der Waals surface area contributed by atoms with E-state index in [1.54, 1.807) is 0 Å². The molecule has 540 valence electrons. The topological polar surface area (TPSA) is 237 Å². The summed E-state index contributed by atoms with van der Waals surface area (Å²) in [6.07, 6.45) is 53.2. The first kappa shape index (κ1) is 89.1. The minimum Gasteiger partial charge on any atom is -0.462 e. The van der Waals surface area contributed by atoms with E-state index in [1.165, 1.54) is 186 Å². The van der Waals surface area contributed by atoms with Crippen LogP contribution in [0.15, 0.2) is 0 Å². The maximum absolute atomic E-state index is 13.1. The van der Waals surface area contributed by atoms with Crippen LogP contribution in [0.4, 0.5) is 0 Å². The maximum atomic E-state index is 13.1. The van der Waals surface area contributed by atoms with Crippen LogP contribution >= 0.6 is 15.6 Å². The molecule has 0 fully saturated rings. The number of carbonyl (C=O) groups excluding carboxylic acids is 4. The maximum Gasteiger partial charge on any atom is 0.472 e. The first-order chi connectivity index (χ1) is 44.0. The summed E-state index contributed by atoms with van der Waals surface area (Å²) in [7, 11) is -9.89. The predicted octanol–water partition coefficient (Wildman–Crippen LogP) is 20.9. The van der Waals surface area contributed by atoms with Gasteiger partial charge in [-0.25, -0.2) is 9.13 Å². The Kier molecular flexibility index (Phi) is 64.0. The van der Waals surface area contributed by atoms with Crippen molar-refractivity contribution in [3.63, 3.8) is 0 Å². The number of rotatable bonds is 72. The Hall–Kier alpha value is -1.94. The summed E-state index contributed by atoms with van der Waals surface area (Å²) >= 11 is 0. The molecule has 19 heteroatoms. The van der Waals surface area contributed by atoms with E-state index < -0.39 is 97.5 Å². The van der Waals surface area contributed by atoms with Gasteiger partial charge in [-0.15, -0.1) is 0 Å². The molecule has 0 rings (SSSR count). The second-order valence-electron chi connectivity index (χ2n) is 26.5. The van der Waals surface area contributed by atoms with E-state index in [0.29, 0.717) is 31.6 Å². The summed E-state index contributed by atoms with van der Waals surface area (Å²) in [6, 6.07) is 0. The van der Waals surface area contributed by atoms with Crippen LogP contribution in [0, 0.1) is 5.92 Å². The van der Waals surface area contributed by atoms with Gasteiger partial charge in [0.25, 0.3) is 0 Å². The molecule has 5 atom stereocenters. The fourth-order valence-electron chi connectivity index (χ4n) is 11.0. The summed E-state index contributed by atoms with van der Waals surface area (Å²) < 4.78 is 68.2. The van der Waals surface area contributed by atoms with Crippen molar-refractivity contribution in [1.29, 1.82) is 0 Å². The Morgan fingerprint density at radius 3 is 0.747 bits per heavy atom. The number of carbonyl (C=O) groups is 4. The Bertz CT molecular complexity index is 1750. The van der Waals surface area contributed by atoms with Gasteiger partial charge in [-0.2, -0.15) is 0 Å². The first-order valence-electron chi connectivity index (χ1n) is 37.6. The highest BCUT2D eigenvalue weighted by Gasteiger charge is 2.30. The molecule has 0 amide bonds. The van der Waals surface area contributed by atoms with Crippen molar-refractivity contribution in [1.82, 2.24) is 0 Å². The van der Waals surface area contributed by atoms with Gasteiger partial charge < -0.3 is 33.8 Å². The molecule has 91 heavy (non-hydrogen) atoms. The fraction of sp³-hybridized carbons (Fsp3) is 0.944. The fourth-order valence-corrected chi connectivity index (χ4v) is 12.6. The molecule has 0 aromatic rings. The van der Waals surface area contributed by atoms with E-state index in [1.807, 2.05) is 0 Å². The number of ether oxygens (including phenoxy) is 4. The normalized spacial score (nSPS) is 14.0. The van der Waals surface area contributed by atoms with E-state index in [9.17, 15) is 43.2 Å². The van der Waals surface area contributed by atoms with Gasteiger partial charge in [0.15, 0.2) is 12.2 Å². The Morgan fingerprint density at radius 1 is 0.297 bits per heavy atom. The molecule has 0 aliphatic rings. The molecule has 2 unspecified atom stereocenters. The molecule has 0 radical (unpaired) electrons. The monoisotopic (exact) mass is 1340 g/mol. The van der Waals surface area contributed by atoms with Crippen molar-refractivity contribution in [2.75, 3.05) is 39.6 Å². The minimum atomic E-state index is -4.95. The van der Waals surface area contributed by atoms with E-state index in [4.69, 9.17) is 37.0 Å². The average molecular weight is 1340 g/mol. The number of phosphoric acid groups is 2. The van der Waals surface area contributed by atoms with Gasteiger partial charge in [0.1, 0.15) is 19.3 Å². The van der Waals surface area contributed by atoms with Crippen LogP contribution in [-0.2, 0) is 65.4 Å². The second-order valence-corrected chi connectivity index (χ2v) is 29.4. The molecule has 0 heterocycles. The van der Waals surface area contributed by atoms with Crippen molar-refractivity contribution < 1.29 is 80.2 Å². The molecular weight excluding hydrogens is 1200 g/mol. The third-order valence-electron chi connectivity index (χ3n) is 16.8. The molecule has 0 saturated heterocycles. The van der Waals surface area contributed by atoms with E-state index in [0.717, 1.165) is 103 Å². The molecule has 0 aliphatic carbocycles. The summed E-state index contributed by atoms with van der Waals surface area (Å²) in [5.74, 6) is -1.46. The summed E-state index contributed by atoms with van der Waals surface area (Å²) in [6.45, 7) is 7.12. The van der Waals surface area contributed by atoms with Gasteiger partial charge >= 0.3 is 39.5 Å². The van der Waals surface area contributed by atoms with Gasteiger partial charge in [-0.1, -0.05) is 324 Å². The lowest BCUT2D eigenvalue weighted by molar-refractivity contribution is -0.161. The lowest BCUT2D eigenvalue weighted by Crippen LogP contribution is -2.30. The molecule has 0 bridgehead atoms. The molecule has 0 aromatic heterocycles. The number of hydrogen-bond donors (Lipinski definition) is 3. The molecule has 3 N–H and O–H groups in total. The van der Waals surface area contributed by atoms with Crippen LogP contribution in [0.25, 0.3) is 0 Å². The Balaban J connectivity index is 5.15. The Morgan fingerprint density at radius 2 is 0.505 bits per heavy atom. The van der Waals surface area contributed by atoms with Crippen molar-refractivity contribution in [3.8, 4) is 0 Å². The molecule has 0 saturated carbocycles. The SMILES string of the molecule is CCCCCCCCCCCCCCCCCCCCCCC(=O)O[C@H](COC(=O)CCCCCCCCCCCCCCCCC)COP(=O)(O)OC[C@@H](O)COP(=O)(O)OC[C@@H](COC(=O)CCCCCCCCC)OC(=O)CCCCCCCCC(C)C. The minimum absolute atomic E-state index is 0.102. The molecule has 0 aromatic carbocycles. The smallest absolute Gasteiger partial charge is 0.462 e. The van der Waals surface area contributed by atoms with Crippen LogP contribution in [0.2, 0.25) is 0 Å². The third kappa shape index (κ3) is 66.5. The van der Waals surface area contributed by atoms with Gasteiger partial charge in [0.2, 0.25) is 0 Å². The third-order valence-corrected chi connectivity index (χ3v) is 18.7. The van der Waals surface area contributed by atoms with Crippen LogP contribution < -0.4 is 0 Å². The van der Waals surface area contributed by atoms with E-state index in [2.05, 4.69) is 34.6 Å². The first-order valence-corrected chi connectivity index (χ1v) is 40.6. The van der Waals surface area contributed by atoms with Crippen molar-refractivity contribution in [3.05, 3.63) is 0 Å². The molecular formula is C72H140O17P2. The average Bonchev–Trinajstić information content (AvgIpc) is 3.40. The molecule has 0 aliphatic heterocycles. The molecule has 0 spiro atoms. The lowest BCUT2D eigenvalue weighted by Gasteiger charge is -2.21. The highest BCUT2D eigenvalue weighted by atomic mass is 31.2. The predicted molar refractivity (Wildman–Crippen MR) is 368 cm³/mol.